The maximum atomic E-state index is 12.9. The molecule has 13 heteroatoms. The van der Waals surface area contributed by atoms with Crippen molar-refractivity contribution in [1.82, 2.24) is 9.55 Å². The van der Waals surface area contributed by atoms with Gasteiger partial charge in [0.1, 0.15) is 11.8 Å². The van der Waals surface area contributed by atoms with Gasteiger partial charge in [0.15, 0.2) is 0 Å². The Kier molecular flexibility index (Phi) is 10.2. The van der Waals surface area contributed by atoms with Gasteiger partial charge in [-0.05, 0) is 35.7 Å². The van der Waals surface area contributed by atoms with Gasteiger partial charge in [-0.15, -0.1) is 0 Å². The molecule has 1 fully saturated rings. The van der Waals surface area contributed by atoms with Crippen molar-refractivity contribution >= 4 is 34.3 Å². The predicted octanol–water partition coefficient (Wildman–Crippen LogP) is 2.84. The number of carbonyl (C=O) groups excluding carboxylic acids is 1. The number of benzene rings is 2. The molecule has 3 N–H and O–H groups in total. The molecule has 0 amide bonds. The second kappa shape index (κ2) is 14.0. The van der Waals surface area contributed by atoms with E-state index in [9.17, 15) is 27.9 Å². The Hall–Kier alpha value is -4.94. The Morgan fingerprint density at radius 1 is 1.09 bits per heavy atom. The summed E-state index contributed by atoms with van der Waals surface area (Å²) in [7, 11) is 0. The molecule has 44 heavy (non-hydrogen) atoms. The molecular formula is C31H32F3N5O5. The molecule has 0 bridgehead atoms. The van der Waals surface area contributed by atoms with Crippen molar-refractivity contribution in [3.63, 3.8) is 0 Å². The monoisotopic (exact) mass is 611 g/mol. The van der Waals surface area contributed by atoms with Gasteiger partial charge in [0.25, 0.3) is 5.82 Å². The van der Waals surface area contributed by atoms with Crippen LogP contribution in [0.4, 0.5) is 24.8 Å². The van der Waals surface area contributed by atoms with E-state index < -0.39 is 29.7 Å². The van der Waals surface area contributed by atoms with E-state index in [2.05, 4.69) is 20.2 Å². The van der Waals surface area contributed by atoms with Gasteiger partial charge in [0, 0.05) is 50.3 Å². The maximum Gasteiger partial charge on any atom is 0.430 e. The van der Waals surface area contributed by atoms with Crippen LogP contribution in [0, 0.1) is 12.8 Å². The van der Waals surface area contributed by atoms with Crippen molar-refractivity contribution in [2.45, 2.75) is 44.9 Å². The number of rotatable bonds is 8. The number of nitrogens with one attached hydrogen (secondary N) is 2. The summed E-state index contributed by atoms with van der Waals surface area (Å²) in [6.45, 7) is 3.60. The molecule has 232 valence electrons. The van der Waals surface area contributed by atoms with Crippen molar-refractivity contribution in [3.05, 3.63) is 94.7 Å². The highest BCUT2D eigenvalue weighted by Gasteiger charge is 2.29. The number of aromatic nitrogens is 3. The number of anilines is 2. The Morgan fingerprint density at radius 2 is 1.75 bits per heavy atom. The van der Waals surface area contributed by atoms with Gasteiger partial charge < -0.3 is 19.9 Å². The topological polar surface area (TPSA) is 142 Å². The first-order valence-electron chi connectivity index (χ1n) is 14.0. The van der Waals surface area contributed by atoms with Crippen LogP contribution in [0.25, 0.3) is 10.8 Å². The van der Waals surface area contributed by atoms with E-state index >= 15 is 0 Å². The number of hydrogen-bond acceptors (Lipinski definition) is 7. The average Bonchev–Trinajstić information content (AvgIpc) is 2.99. The third kappa shape index (κ3) is 8.55. The summed E-state index contributed by atoms with van der Waals surface area (Å²) in [6.07, 6.45) is 0.660. The molecule has 1 unspecified atom stereocenters. The van der Waals surface area contributed by atoms with E-state index in [1.54, 1.807) is 6.20 Å². The lowest BCUT2D eigenvalue weighted by Crippen LogP contribution is -2.42. The number of alkyl halides is 3. The molecule has 1 atom stereocenters. The molecule has 0 radical (unpaired) electrons. The number of aromatic amines is 1. The van der Waals surface area contributed by atoms with Crippen LogP contribution in [0.15, 0.2) is 77.9 Å². The zero-order chi connectivity index (χ0) is 31.9. The molecule has 4 aromatic rings. The minimum Gasteiger partial charge on any atom is -0.542 e. The largest absolute Gasteiger partial charge is 0.542 e. The summed E-state index contributed by atoms with van der Waals surface area (Å²) in [6, 6.07) is 20.3. The number of hydrogen-bond donors (Lipinski definition) is 2. The van der Waals surface area contributed by atoms with Crippen LogP contribution in [0.5, 0.6) is 0 Å². The molecule has 2 aromatic carbocycles. The van der Waals surface area contributed by atoms with Crippen LogP contribution in [0.1, 0.15) is 24.0 Å². The highest BCUT2D eigenvalue weighted by atomic mass is 19.4. The number of piperidine rings is 1. The second-order valence-corrected chi connectivity index (χ2v) is 10.6. The summed E-state index contributed by atoms with van der Waals surface area (Å²) in [5, 5.41) is 24.4. The van der Waals surface area contributed by atoms with E-state index in [4.69, 9.17) is 9.90 Å². The van der Waals surface area contributed by atoms with Crippen molar-refractivity contribution in [2.75, 3.05) is 23.3 Å². The van der Waals surface area contributed by atoms with Gasteiger partial charge in [0.05, 0.1) is 18.2 Å². The van der Waals surface area contributed by atoms with Crippen LogP contribution in [-0.2, 0) is 22.6 Å². The highest BCUT2D eigenvalue weighted by molar-refractivity contribution is 5.83. The molecule has 1 saturated heterocycles. The molecule has 3 heterocycles. The Labute approximate surface area is 250 Å². The number of aryl methyl sites for hydroxylation is 1. The SMILES string of the molecule is Cc1cn(CC(Cc2ccc3ccccc3c2)C(=O)O)c(=O)nc1N1CCC(Nc2cccc[nH+]2)CC1.O=C([O-])C(F)(F)F. The lowest BCUT2D eigenvalue weighted by atomic mass is 9.97. The lowest BCUT2D eigenvalue weighted by Gasteiger charge is -2.32. The molecular weight excluding hydrogens is 579 g/mol. The number of carboxylic acids is 2. The van der Waals surface area contributed by atoms with Gasteiger partial charge >= 0.3 is 17.8 Å². The Morgan fingerprint density at radius 3 is 2.36 bits per heavy atom. The first kappa shape index (κ1) is 32.0. The third-order valence-electron chi connectivity index (χ3n) is 7.31. The number of carboxylic acid groups (broad SMARTS) is 2. The van der Waals surface area contributed by atoms with Gasteiger partial charge in [-0.25, -0.2) is 9.78 Å². The number of aliphatic carboxylic acids is 2. The number of fused-ring (bicyclic) bond motifs is 1. The van der Waals surface area contributed by atoms with E-state index in [1.807, 2.05) is 73.8 Å². The van der Waals surface area contributed by atoms with E-state index in [1.165, 1.54) is 4.57 Å². The zero-order valence-electron chi connectivity index (χ0n) is 23.9. The minimum absolute atomic E-state index is 0.0781. The molecule has 0 spiro atoms. The molecule has 1 aliphatic heterocycles. The molecule has 10 nitrogen and oxygen atoms in total. The highest BCUT2D eigenvalue weighted by Crippen LogP contribution is 2.23. The number of nitrogens with zero attached hydrogens (tertiary/aromatic N) is 3. The smallest absolute Gasteiger partial charge is 0.430 e. The standard InChI is InChI=1S/C29H31N5O3.C2HF3O2/c1-20-18-34(19-24(28(35)36)17-21-9-10-22-6-2-3-7-23(22)16-21)29(37)32-27(20)33-14-11-25(12-15-33)31-26-8-4-5-13-30-26;3-2(4,5)1(6)7/h2-10,13,16,18,24-25H,11-12,14-15,17,19H2,1H3,(H,30,31)(H,35,36);(H,6,7). The molecule has 0 aliphatic carbocycles. The van der Waals surface area contributed by atoms with E-state index in [-0.39, 0.29) is 6.54 Å². The lowest BCUT2D eigenvalue weighted by molar-refractivity contribution is -0.361. The van der Waals surface area contributed by atoms with E-state index in [0.717, 1.165) is 53.6 Å². The quantitative estimate of drug-likeness (QED) is 0.310. The fourth-order valence-electron chi connectivity index (χ4n) is 5.10. The van der Waals surface area contributed by atoms with Crippen LogP contribution in [-0.4, -0.2) is 51.9 Å². The first-order chi connectivity index (χ1) is 20.9. The van der Waals surface area contributed by atoms with Crippen molar-refractivity contribution in [2.24, 2.45) is 5.92 Å². The number of pyridine rings is 1. The minimum atomic E-state index is -5.19. The average molecular weight is 612 g/mol. The van der Waals surface area contributed by atoms with Crippen molar-refractivity contribution < 1.29 is 38.0 Å². The first-order valence-corrected chi connectivity index (χ1v) is 14.0. The number of halogens is 3. The molecule has 5 rings (SSSR count). The maximum absolute atomic E-state index is 12.9. The van der Waals surface area contributed by atoms with Gasteiger partial charge in [0.2, 0.25) is 0 Å². The normalized spacial score (nSPS) is 14.4. The Balaban J connectivity index is 0.000000566. The van der Waals surface area contributed by atoms with Crippen LogP contribution >= 0.6 is 0 Å². The summed E-state index contributed by atoms with van der Waals surface area (Å²) in [5.74, 6) is -2.98. The number of carbonyl (C=O) groups is 2. The molecule has 1 aliphatic rings. The Bertz CT molecular complexity index is 1650. The predicted molar refractivity (Wildman–Crippen MR) is 155 cm³/mol. The van der Waals surface area contributed by atoms with Gasteiger partial charge in [-0.3, -0.25) is 14.7 Å². The summed E-state index contributed by atoms with van der Waals surface area (Å²) >= 11 is 0. The molecule has 0 saturated carbocycles. The van der Waals surface area contributed by atoms with E-state index in [0.29, 0.717) is 18.3 Å². The fourth-order valence-corrected chi connectivity index (χ4v) is 5.10. The summed E-state index contributed by atoms with van der Waals surface area (Å²) in [4.78, 5) is 43.6. The second-order valence-electron chi connectivity index (χ2n) is 10.6. The zero-order valence-corrected chi connectivity index (χ0v) is 23.9. The summed E-state index contributed by atoms with van der Waals surface area (Å²) < 4.78 is 33.0. The van der Waals surface area contributed by atoms with Crippen LogP contribution in [0.2, 0.25) is 0 Å². The van der Waals surface area contributed by atoms with Crippen LogP contribution < -0.4 is 26.0 Å². The fraction of sp³-hybridized carbons (Fsp3) is 0.323. The van der Waals surface area contributed by atoms with Crippen molar-refractivity contribution in [3.8, 4) is 0 Å². The summed E-state index contributed by atoms with van der Waals surface area (Å²) in [5.41, 5.74) is 1.40. The van der Waals surface area contributed by atoms with Gasteiger partial charge in [-0.1, -0.05) is 48.5 Å². The number of H-pyrrole nitrogens is 1. The third-order valence-corrected chi connectivity index (χ3v) is 7.31. The van der Waals surface area contributed by atoms with Crippen molar-refractivity contribution in [1.29, 1.82) is 0 Å². The van der Waals surface area contributed by atoms with Gasteiger partial charge in [-0.2, -0.15) is 18.2 Å². The molecule has 2 aromatic heterocycles. The van der Waals surface area contributed by atoms with Crippen LogP contribution in [0.3, 0.4) is 0 Å².